The lowest BCUT2D eigenvalue weighted by Crippen LogP contribution is -2.47. The van der Waals surface area contributed by atoms with Crippen molar-refractivity contribution in [3.8, 4) is 0 Å². The molecule has 2 aromatic heterocycles. The van der Waals surface area contributed by atoms with E-state index in [1.54, 1.807) is 19.3 Å². The zero-order valence-electron chi connectivity index (χ0n) is 15.1. The van der Waals surface area contributed by atoms with Crippen molar-refractivity contribution in [3.05, 3.63) is 57.9 Å². The van der Waals surface area contributed by atoms with E-state index in [0.29, 0.717) is 18.1 Å². The highest BCUT2D eigenvalue weighted by molar-refractivity contribution is 9.10. The Kier molecular flexibility index (Phi) is 5.95. The molecule has 2 aromatic rings. The molecule has 0 saturated carbocycles. The van der Waals surface area contributed by atoms with Crippen molar-refractivity contribution in [3.63, 3.8) is 0 Å². The van der Waals surface area contributed by atoms with Crippen molar-refractivity contribution in [1.82, 2.24) is 14.9 Å². The number of nitrogens with one attached hydrogen (secondary N) is 2. The van der Waals surface area contributed by atoms with Crippen LogP contribution in [0.1, 0.15) is 12.8 Å². The number of carbonyl (C=O) groups is 1. The molecule has 3 rings (SSSR count). The summed E-state index contributed by atoms with van der Waals surface area (Å²) in [7, 11) is 1.70. The molecule has 7 nitrogen and oxygen atoms in total. The van der Waals surface area contributed by atoms with Crippen LogP contribution in [0.4, 0.5) is 17.3 Å². The van der Waals surface area contributed by atoms with Crippen LogP contribution in [0.2, 0.25) is 0 Å². The van der Waals surface area contributed by atoms with Gasteiger partial charge in [0.2, 0.25) is 5.91 Å². The van der Waals surface area contributed by atoms with Crippen molar-refractivity contribution >= 4 is 39.2 Å². The number of rotatable bonds is 5. The summed E-state index contributed by atoms with van der Waals surface area (Å²) in [5, 5.41) is 6.05. The fourth-order valence-electron chi connectivity index (χ4n) is 3.13. The number of nitrogens with zero attached hydrogens (tertiary/aromatic N) is 3. The topological polar surface area (TPSA) is 79.3 Å². The van der Waals surface area contributed by atoms with Crippen LogP contribution in [-0.2, 0) is 11.8 Å². The molecular formula is C19H22BrN5O2. The molecule has 0 radical (unpaired) electrons. The molecule has 27 heavy (non-hydrogen) atoms. The average Bonchev–Trinajstić information content (AvgIpc) is 2.66. The fourth-order valence-corrected chi connectivity index (χ4v) is 3.67. The summed E-state index contributed by atoms with van der Waals surface area (Å²) in [5.41, 5.74) is 0.321. The van der Waals surface area contributed by atoms with Crippen LogP contribution >= 0.6 is 15.9 Å². The second-order valence-corrected chi connectivity index (χ2v) is 7.41. The van der Waals surface area contributed by atoms with E-state index in [2.05, 4.69) is 43.0 Å². The van der Waals surface area contributed by atoms with Gasteiger partial charge in [-0.1, -0.05) is 12.6 Å². The summed E-state index contributed by atoms with van der Waals surface area (Å²) in [6.07, 6.45) is 4.90. The molecular weight excluding hydrogens is 410 g/mol. The van der Waals surface area contributed by atoms with Crippen molar-refractivity contribution < 1.29 is 4.79 Å². The van der Waals surface area contributed by atoms with Crippen LogP contribution < -0.4 is 21.1 Å². The van der Waals surface area contributed by atoms with E-state index >= 15 is 0 Å². The number of aromatic nitrogens is 2. The second-order valence-electron chi connectivity index (χ2n) is 6.49. The number of hydrogen-bond acceptors (Lipinski definition) is 5. The summed E-state index contributed by atoms with van der Waals surface area (Å²) in [6, 6.07) is 7.46. The molecule has 1 fully saturated rings. The third kappa shape index (κ3) is 4.77. The maximum atomic E-state index is 12.3. The van der Waals surface area contributed by atoms with Gasteiger partial charge in [-0.25, -0.2) is 4.98 Å². The Bertz CT molecular complexity index is 911. The number of hydrogen-bond donors (Lipinski definition) is 2. The molecule has 1 aliphatic heterocycles. The van der Waals surface area contributed by atoms with Gasteiger partial charge in [-0.3, -0.25) is 9.59 Å². The van der Waals surface area contributed by atoms with Crippen LogP contribution in [-0.4, -0.2) is 34.6 Å². The highest BCUT2D eigenvalue weighted by atomic mass is 79.9. The number of aryl methyl sites for hydroxylation is 1. The summed E-state index contributed by atoms with van der Waals surface area (Å²) < 4.78 is 2.31. The zero-order chi connectivity index (χ0) is 19.4. The Morgan fingerprint density at radius 3 is 3.04 bits per heavy atom. The largest absolute Gasteiger partial charge is 0.354 e. The molecule has 1 atom stereocenters. The molecule has 3 heterocycles. The molecule has 0 aliphatic carbocycles. The highest BCUT2D eigenvalue weighted by Gasteiger charge is 2.22. The summed E-state index contributed by atoms with van der Waals surface area (Å²) >= 11 is 3.40. The Labute approximate surface area is 166 Å². The Hall–Kier alpha value is -2.61. The molecule has 0 bridgehead atoms. The fraction of sp³-hybridized carbons (Fsp3) is 0.316. The van der Waals surface area contributed by atoms with Crippen molar-refractivity contribution in [2.45, 2.75) is 18.9 Å². The Morgan fingerprint density at radius 1 is 1.44 bits per heavy atom. The number of carbonyl (C=O) groups excluding carboxylic acids is 1. The first-order valence-corrected chi connectivity index (χ1v) is 9.53. The van der Waals surface area contributed by atoms with Crippen molar-refractivity contribution in [2.75, 3.05) is 23.3 Å². The van der Waals surface area contributed by atoms with E-state index in [9.17, 15) is 9.59 Å². The lowest BCUT2D eigenvalue weighted by molar-refractivity contribution is -0.117. The minimum Gasteiger partial charge on any atom is -0.354 e. The standard InChI is InChI=1S/C19H22BrN5O2/c1-3-18(26)21-14-6-5-9-25(12-14)17-8-4-7-16(23-17)22-15-10-13(20)11-24(2)19(15)27/h3-4,7-8,10-11,14H,1,5-6,9,12H2,2H3,(H,21,26)(H,22,23). The van der Waals surface area contributed by atoms with E-state index in [0.717, 1.165) is 29.7 Å². The SMILES string of the molecule is C=CC(=O)NC1CCCN(c2cccc(Nc3cc(Br)cn(C)c3=O)n2)C1. The van der Waals surface area contributed by atoms with Gasteiger partial charge in [0.15, 0.2) is 0 Å². The van der Waals surface area contributed by atoms with Gasteiger partial charge in [0.05, 0.1) is 0 Å². The normalized spacial score (nSPS) is 16.7. The average molecular weight is 432 g/mol. The smallest absolute Gasteiger partial charge is 0.274 e. The van der Waals surface area contributed by atoms with Crippen molar-refractivity contribution in [1.29, 1.82) is 0 Å². The van der Waals surface area contributed by atoms with Crippen LogP contribution in [0.15, 0.2) is 52.4 Å². The van der Waals surface area contributed by atoms with Gasteiger partial charge in [-0.05, 0) is 53.0 Å². The summed E-state index contributed by atoms with van der Waals surface area (Å²) in [6.45, 7) is 5.06. The van der Waals surface area contributed by atoms with E-state index in [1.807, 2.05) is 18.2 Å². The number of pyridine rings is 2. The molecule has 1 amide bonds. The number of amides is 1. The molecule has 0 spiro atoms. The van der Waals surface area contributed by atoms with Crippen LogP contribution in [0, 0.1) is 0 Å². The molecule has 1 aliphatic rings. The minimum atomic E-state index is -0.157. The first-order chi connectivity index (χ1) is 13.0. The predicted octanol–water partition coefficient (Wildman–Crippen LogP) is 2.56. The molecule has 8 heteroatoms. The Balaban J connectivity index is 1.77. The third-order valence-electron chi connectivity index (χ3n) is 4.42. The van der Waals surface area contributed by atoms with Gasteiger partial charge in [-0.2, -0.15) is 0 Å². The van der Waals surface area contributed by atoms with Crippen molar-refractivity contribution in [2.24, 2.45) is 7.05 Å². The van der Waals surface area contributed by atoms with Gasteiger partial charge >= 0.3 is 0 Å². The quantitative estimate of drug-likeness (QED) is 0.711. The van der Waals surface area contributed by atoms with Gasteiger partial charge in [0.1, 0.15) is 17.3 Å². The van der Waals surface area contributed by atoms with E-state index in [1.165, 1.54) is 10.6 Å². The maximum Gasteiger partial charge on any atom is 0.274 e. The monoisotopic (exact) mass is 431 g/mol. The third-order valence-corrected chi connectivity index (χ3v) is 4.86. The van der Waals surface area contributed by atoms with Crippen LogP contribution in [0.5, 0.6) is 0 Å². The number of anilines is 3. The Morgan fingerprint density at radius 2 is 2.26 bits per heavy atom. The lowest BCUT2D eigenvalue weighted by Gasteiger charge is -2.34. The molecule has 1 saturated heterocycles. The van der Waals surface area contributed by atoms with E-state index in [4.69, 9.17) is 0 Å². The van der Waals surface area contributed by atoms with Crippen LogP contribution in [0.3, 0.4) is 0 Å². The lowest BCUT2D eigenvalue weighted by atomic mass is 10.1. The van der Waals surface area contributed by atoms with E-state index in [-0.39, 0.29) is 17.5 Å². The molecule has 1 unspecified atom stereocenters. The van der Waals surface area contributed by atoms with Gasteiger partial charge in [0, 0.05) is 36.8 Å². The predicted molar refractivity (Wildman–Crippen MR) is 110 cm³/mol. The summed E-state index contributed by atoms with van der Waals surface area (Å²) in [5.74, 6) is 1.25. The highest BCUT2D eigenvalue weighted by Crippen LogP contribution is 2.22. The van der Waals surface area contributed by atoms with E-state index < -0.39 is 0 Å². The number of piperidine rings is 1. The summed E-state index contributed by atoms with van der Waals surface area (Å²) in [4.78, 5) is 30.6. The van der Waals surface area contributed by atoms with Gasteiger partial charge < -0.3 is 20.1 Å². The zero-order valence-corrected chi connectivity index (χ0v) is 16.7. The van der Waals surface area contributed by atoms with Gasteiger partial charge in [-0.15, -0.1) is 0 Å². The molecule has 142 valence electrons. The molecule has 0 aromatic carbocycles. The van der Waals surface area contributed by atoms with Crippen LogP contribution in [0.25, 0.3) is 0 Å². The van der Waals surface area contributed by atoms with Gasteiger partial charge in [0.25, 0.3) is 5.56 Å². The first kappa shape index (κ1) is 19.2. The number of halogens is 1. The molecule has 2 N–H and O–H groups in total. The maximum absolute atomic E-state index is 12.3. The minimum absolute atomic E-state index is 0.0695. The first-order valence-electron chi connectivity index (χ1n) is 8.74. The second kappa shape index (κ2) is 8.39.